The van der Waals surface area contributed by atoms with Gasteiger partial charge >= 0.3 is 5.97 Å². The largest absolute Gasteiger partial charge is 0.504 e. The Labute approximate surface area is 86.9 Å². The Morgan fingerprint density at radius 2 is 2.29 bits per heavy atom. The fourth-order valence-corrected chi connectivity index (χ4v) is 1.11. The first-order valence-corrected chi connectivity index (χ1v) is 4.48. The van der Waals surface area contributed by atoms with Crippen molar-refractivity contribution in [2.24, 2.45) is 0 Å². The Bertz CT molecular complexity index is 338. The van der Waals surface area contributed by atoms with Crippen molar-refractivity contribution in [3.05, 3.63) is 23.8 Å². The highest BCUT2D eigenvalue weighted by atomic mass is 32.1. The summed E-state index contributed by atoms with van der Waals surface area (Å²) in [4.78, 5) is 11.2. The van der Waals surface area contributed by atoms with Crippen molar-refractivity contribution < 1.29 is 19.4 Å². The van der Waals surface area contributed by atoms with E-state index in [2.05, 4.69) is 17.4 Å². The molecule has 0 fully saturated rings. The zero-order valence-electron chi connectivity index (χ0n) is 7.56. The van der Waals surface area contributed by atoms with Gasteiger partial charge in [-0.1, -0.05) is 6.07 Å². The average Bonchev–Trinajstić information content (AvgIpc) is 2.18. The number of carbonyl (C=O) groups is 1. The van der Waals surface area contributed by atoms with Crippen molar-refractivity contribution in [3.63, 3.8) is 0 Å². The maximum atomic E-state index is 11.2. The predicted octanol–water partition coefficient (Wildman–Crippen LogP) is 1.44. The summed E-state index contributed by atoms with van der Waals surface area (Å²) in [7, 11) is 1.41. The van der Waals surface area contributed by atoms with E-state index in [-0.39, 0.29) is 23.0 Å². The monoisotopic (exact) mass is 214 g/mol. The van der Waals surface area contributed by atoms with Gasteiger partial charge in [-0.25, -0.2) is 4.79 Å². The third kappa shape index (κ3) is 2.11. The topological polar surface area (TPSA) is 55.8 Å². The fourth-order valence-electron chi connectivity index (χ4n) is 0.988. The molecule has 0 unspecified atom stereocenters. The van der Waals surface area contributed by atoms with E-state index in [1.54, 1.807) is 12.1 Å². The van der Waals surface area contributed by atoms with E-state index in [0.717, 1.165) is 0 Å². The number of hydrogen-bond donors (Lipinski definition) is 2. The van der Waals surface area contributed by atoms with Crippen LogP contribution in [0.2, 0.25) is 0 Å². The van der Waals surface area contributed by atoms with Crippen LogP contribution in [0.5, 0.6) is 11.5 Å². The molecule has 0 aliphatic rings. The van der Waals surface area contributed by atoms with E-state index in [1.165, 1.54) is 13.2 Å². The van der Waals surface area contributed by atoms with Crippen LogP contribution in [0.4, 0.5) is 0 Å². The van der Waals surface area contributed by atoms with Crippen LogP contribution in [-0.4, -0.2) is 24.1 Å². The number of methoxy groups -OCH3 is 1. The molecule has 0 saturated heterocycles. The molecule has 0 atom stereocenters. The molecule has 1 rings (SSSR count). The Morgan fingerprint density at radius 1 is 1.57 bits per heavy atom. The molecule has 0 spiro atoms. The number of rotatable bonds is 3. The van der Waals surface area contributed by atoms with E-state index in [4.69, 9.17) is 4.74 Å². The minimum absolute atomic E-state index is 0.0323. The highest BCUT2D eigenvalue weighted by Gasteiger charge is 2.15. The van der Waals surface area contributed by atoms with Gasteiger partial charge in [0.2, 0.25) is 0 Å². The molecule has 0 heterocycles. The normalized spacial score (nSPS) is 9.57. The number of hydrogen-bond acceptors (Lipinski definition) is 5. The van der Waals surface area contributed by atoms with Gasteiger partial charge in [-0.3, -0.25) is 0 Å². The molecular formula is C9H10O4S. The molecule has 0 radical (unpaired) electrons. The number of phenolic OH excluding ortho intramolecular Hbond substituents is 1. The second-order valence-corrected chi connectivity index (χ2v) is 2.68. The summed E-state index contributed by atoms with van der Waals surface area (Å²) in [6.45, 7) is 0. The Hall–Kier alpha value is -1.36. The average molecular weight is 214 g/mol. The highest BCUT2D eigenvalue weighted by Crippen LogP contribution is 2.29. The van der Waals surface area contributed by atoms with Crippen LogP contribution in [-0.2, 0) is 4.74 Å². The summed E-state index contributed by atoms with van der Waals surface area (Å²) in [6, 6.07) is 4.59. The number of aromatic hydroxyl groups is 1. The van der Waals surface area contributed by atoms with Gasteiger partial charge in [-0.15, -0.1) is 12.6 Å². The lowest BCUT2D eigenvalue weighted by atomic mass is 10.2. The van der Waals surface area contributed by atoms with Gasteiger partial charge in [0.1, 0.15) is 11.5 Å². The van der Waals surface area contributed by atoms with E-state index >= 15 is 0 Å². The molecule has 1 N–H and O–H groups in total. The maximum absolute atomic E-state index is 11.2. The number of esters is 1. The van der Waals surface area contributed by atoms with Crippen molar-refractivity contribution >= 4 is 18.6 Å². The second kappa shape index (κ2) is 4.76. The number of thiol groups is 1. The molecule has 5 heteroatoms. The Morgan fingerprint density at radius 3 is 2.86 bits per heavy atom. The summed E-state index contributed by atoms with van der Waals surface area (Å²) in [5.74, 6) is -0.646. The van der Waals surface area contributed by atoms with Crippen molar-refractivity contribution in [3.8, 4) is 11.5 Å². The molecule has 0 aromatic heterocycles. The smallest absolute Gasteiger partial charge is 0.342 e. The quantitative estimate of drug-likeness (QED) is 0.454. The highest BCUT2D eigenvalue weighted by molar-refractivity contribution is 7.80. The van der Waals surface area contributed by atoms with E-state index in [0.29, 0.717) is 0 Å². The second-order valence-electron chi connectivity index (χ2n) is 2.42. The number of ether oxygens (including phenoxy) is 2. The SMILES string of the molecule is COc1cccc(C(=O)OCS)c1O. The first-order valence-electron chi connectivity index (χ1n) is 3.84. The molecule has 0 aliphatic heterocycles. The van der Waals surface area contributed by atoms with Gasteiger partial charge in [-0.05, 0) is 12.1 Å². The lowest BCUT2D eigenvalue weighted by Crippen LogP contribution is -2.04. The minimum atomic E-state index is -0.628. The molecule has 0 saturated carbocycles. The van der Waals surface area contributed by atoms with E-state index in [1.807, 2.05) is 0 Å². The number of carbonyl (C=O) groups excluding carboxylic acids is 1. The summed E-state index contributed by atoms with van der Waals surface area (Å²) < 4.78 is 9.46. The summed E-state index contributed by atoms with van der Waals surface area (Å²) >= 11 is 3.74. The number of benzene rings is 1. The molecule has 1 aromatic rings. The van der Waals surface area contributed by atoms with Gasteiger partial charge in [0, 0.05) is 0 Å². The molecule has 4 nitrogen and oxygen atoms in total. The van der Waals surface area contributed by atoms with Gasteiger partial charge in [0.15, 0.2) is 11.5 Å². The molecule has 0 amide bonds. The molecule has 0 bridgehead atoms. The van der Waals surface area contributed by atoms with Gasteiger partial charge in [0.25, 0.3) is 0 Å². The van der Waals surface area contributed by atoms with Crippen LogP contribution < -0.4 is 4.74 Å². The summed E-state index contributed by atoms with van der Waals surface area (Å²) in [5, 5.41) is 9.54. The van der Waals surface area contributed by atoms with Crippen LogP contribution in [0, 0.1) is 0 Å². The van der Waals surface area contributed by atoms with Gasteiger partial charge < -0.3 is 14.6 Å². The van der Waals surface area contributed by atoms with E-state index < -0.39 is 5.97 Å². The Kier molecular flexibility index (Phi) is 3.64. The Balaban J connectivity index is 3.03. The third-order valence-electron chi connectivity index (χ3n) is 1.63. The lowest BCUT2D eigenvalue weighted by Gasteiger charge is -2.07. The molecule has 14 heavy (non-hydrogen) atoms. The van der Waals surface area contributed by atoms with Gasteiger partial charge in [-0.2, -0.15) is 0 Å². The zero-order chi connectivity index (χ0) is 10.6. The van der Waals surface area contributed by atoms with Crippen LogP contribution >= 0.6 is 12.6 Å². The van der Waals surface area contributed by atoms with Crippen molar-refractivity contribution in [2.45, 2.75) is 0 Å². The summed E-state index contributed by atoms with van der Waals surface area (Å²) in [5.41, 5.74) is 0.0680. The molecular weight excluding hydrogens is 204 g/mol. The maximum Gasteiger partial charge on any atom is 0.342 e. The molecule has 76 valence electrons. The molecule has 1 aromatic carbocycles. The summed E-state index contributed by atoms with van der Waals surface area (Å²) in [6.07, 6.45) is 0. The van der Waals surface area contributed by atoms with Crippen molar-refractivity contribution in [2.75, 3.05) is 13.0 Å². The third-order valence-corrected chi connectivity index (χ3v) is 1.76. The van der Waals surface area contributed by atoms with Crippen LogP contribution in [0.1, 0.15) is 10.4 Å². The standard InChI is InChI=1S/C9H10O4S/c1-12-7-4-2-3-6(8(7)10)9(11)13-5-14/h2-4,10,14H,5H2,1H3. The first kappa shape index (κ1) is 10.7. The van der Waals surface area contributed by atoms with E-state index in [9.17, 15) is 9.90 Å². The fraction of sp³-hybridized carbons (Fsp3) is 0.222. The van der Waals surface area contributed by atoms with Crippen molar-refractivity contribution in [1.29, 1.82) is 0 Å². The van der Waals surface area contributed by atoms with Crippen molar-refractivity contribution in [1.82, 2.24) is 0 Å². The number of para-hydroxylation sites is 1. The molecule has 0 aliphatic carbocycles. The minimum Gasteiger partial charge on any atom is -0.504 e. The van der Waals surface area contributed by atoms with Crippen LogP contribution in [0.25, 0.3) is 0 Å². The van der Waals surface area contributed by atoms with Crippen LogP contribution in [0.15, 0.2) is 18.2 Å². The van der Waals surface area contributed by atoms with Gasteiger partial charge in [0.05, 0.1) is 7.11 Å². The number of phenols is 1. The zero-order valence-corrected chi connectivity index (χ0v) is 8.45. The van der Waals surface area contributed by atoms with Crippen LogP contribution in [0.3, 0.4) is 0 Å². The first-order chi connectivity index (χ1) is 6.70. The lowest BCUT2D eigenvalue weighted by molar-refractivity contribution is 0.0577. The predicted molar refractivity (Wildman–Crippen MR) is 53.9 cm³/mol.